The number of hydrogen-bond donors (Lipinski definition) is 1. The highest BCUT2D eigenvalue weighted by Gasteiger charge is 2.21. The largest absolute Gasteiger partial charge is 0.389 e. The van der Waals surface area contributed by atoms with Gasteiger partial charge >= 0.3 is 0 Å². The highest BCUT2D eigenvalue weighted by atomic mass is 32.1. The summed E-state index contributed by atoms with van der Waals surface area (Å²) in [7, 11) is 0. The van der Waals surface area contributed by atoms with Crippen LogP contribution in [0.5, 0.6) is 0 Å². The molecule has 1 saturated heterocycles. The maximum absolute atomic E-state index is 5.67. The highest BCUT2D eigenvalue weighted by molar-refractivity contribution is 7.80. The Bertz CT molecular complexity index is 441. The van der Waals surface area contributed by atoms with E-state index in [1.165, 1.54) is 6.42 Å². The Kier molecular flexibility index (Phi) is 4.71. The summed E-state index contributed by atoms with van der Waals surface area (Å²) in [5, 5.41) is 0. The number of pyridine rings is 1. The van der Waals surface area contributed by atoms with Crippen molar-refractivity contribution in [2.24, 2.45) is 5.73 Å². The Morgan fingerprint density at radius 3 is 2.68 bits per heavy atom. The topological polar surface area (TPSA) is 45.4 Å². The minimum absolute atomic E-state index is 0.432. The first-order valence-electron chi connectivity index (χ1n) is 6.86. The number of aromatic nitrogens is 1. The van der Waals surface area contributed by atoms with Gasteiger partial charge in [-0.2, -0.15) is 0 Å². The van der Waals surface area contributed by atoms with Crippen LogP contribution in [0.25, 0.3) is 0 Å². The Balaban J connectivity index is 2.01. The molecule has 0 radical (unpaired) electrons. The van der Waals surface area contributed by atoms with Crippen molar-refractivity contribution in [2.75, 3.05) is 31.1 Å². The van der Waals surface area contributed by atoms with Gasteiger partial charge in [-0.3, -0.25) is 4.90 Å². The molecule has 1 unspecified atom stereocenters. The van der Waals surface area contributed by atoms with Crippen LogP contribution in [-0.4, -0.2) is 47.1 Å². The van der Waals surface area contributed by atoms with E-state index < -0.39 is 0 Å². The maximum atomic E-state index is 5.67. The molecule has 1 aromatic heterocycles. The molecule has 0 saturated carbocycles. The third-order valence-corrected chi connectivity index (χ3v) is 4.12. The fourth-order valence-electron chi connectivity index (χ4n) is 2.39. The van der Waals surface area contributed by atoms with Gasteiger partial charge in [-0.15, -0.1) is 0 Å². The first-order chi connectivity index (χ1) is 9.11. The van der Waals surface area contributed by atoms with Crippen LogP contribution in [0.4, 0.5) is 5.82 Å². The zero-order valence-corrected chi connectivity index (χ0v) is 12.5. The number of nitrogens with two attached hydrogens (primary N) is 1. The quantitative estimate of drug-likeness (QED) is 0.848. The van der Waals surface area contributed by atoms with E-state index >= 15 is 0 Å². The van der Waals surface area contributed by atoms with Crippen LogP contribution in [0, 0.1) is 0 Å². The molecule has 0 bridgehead atoms. The molecule has 4 nitrogen and oxygen atoms in total. The van der Waals surface area contributed by atoms with Crippen molar-refractivity contribution in [3.63, 3.8) is 0 Å². The number of rotatable bonds is 4. The maximum Gasteiger partial charge on any atom is 0.129 e. The van der Waals surface area contributed by atoms with Crippen molar-refractivity contribution >= 4 is 23.0 Å². The summed E-state index contributed by atoms with van der Waals surface area (Å²) in [6.07, 6.45) is 2.99. The molecule has 19 heavy (non-hydrogen) atoms. The summed E-state index contributed by atoms with van der Waals surface area (Å²) in [5.74, 6) is 0.981. The van der Waals surface area contributed by atoms with Crippen LogP contribution in [-0.2, 0) is 0 Å². The fraction of sp³-hybridized carbons (Fsp3) is 0.571. The molecule has 0 aromatic carbocycles. The van der Waals surface area contributed by atoms with E-state index in [-0.39, 0.29) is 0 Å². The lowest BCUT2D eigenvalue weighted by Crippen LogP contribution is -2.49. The van der Waals surface area contributed by atoms with Crippen LogP contribution in [0.15, 0.2) is 18.3 Å². The van der Waals surface area contributed by atoms with Gasteiger partial charge in [-0.25, -0.2) is 4.98 Å². The van der Waals surface area contributed by atoms with Crippen LogP contribution in [0.3, 0.4) is 0 Å². The second kappa shape index (κ2) is 6.30. The number of piperazine rings is 1. The molecule has 1 atom stereocenters. The molecule has 2 rings (SSSR count). The van der Waals surface area contributed by atoms with Gasteiger partial charge in [0.1, 0.15) is 10.8 Å². The second-order valence-electron chi connectivity index (χ2n) is 5.05. The minimum Gasteiger partial charge on any atom is -0.389 e. The molecule has 104 valence electrons. The Hall–Kier alpha value is -1.20. The number of anilines is 1. The van der Waals surface area contributed by atoms with E-state index in [0.29, 0.717) is 11.0 Å². The smallest absolute Gasteiger partial charge is 0.129 e. The van der Waals surface area contributed by atoms with Crippen molar-refractivity contribution in [3.8, 4) is 0 Å². The molecule has 1 aromatic rings. The molecule has 2 heterocycles. The predicted molar refractivity (Wildman–Crippen MR) is 83.7 cm³/mol. The van der Waals surface area contributed by atoms with Crippen molar-refractivity contribution < 1.29 is 0 Å². The average Bonchev–Trinajstić information content (AvgIpc) is 2.46. The van der Waals surface area contributed by atoms with E-state index in [4.69, 9.17) is 18.0 Å². The Morgan fingerprint density at radius 1 is 1.42 bits per heavy atom. The van der Waals surface area contributed by atoms with E-state index in [1.807, 2.05) is 12.1 Å². The average molecular weight is 278 g/mol. The monoisotopic (exact) mass is 278 g/mol. The summed E-state index contributed by atoms with van der Waals surface area (Å²) >= 11 is 5.01. The first kappa shape index (κ1) is 14.2. The molecular formula is C14H22N4S. The third kappa shape index (κ3) is 3.42. The van der Waals surface area contributed by atoms with Gasteiger partial charge in [-0.1, -0.05) is 19.1 Å². The first-order valence-corrected chi connectivity index (χ1v) is 7.27. The summed E-state index contributed by atoms with van der Waals surface area (Å²) < 4.78 is 0. The Labute approximate surface area is 120 Å². The van der Waals surface area contributed by atoms with Gasteiger partial charge in [0.15, 0.2) is 0 Å². The molecular weight excluding hydrogens is 256 g/mol. The Morgan fingerprint density at radius 2 is 2.11 bits per heavy atom. The van der Waals surface area contributed by atoms with Crippen molar-refractivity contribution in [1.82, 2.24) is 9.88 Å². The summed E-state index contributed by atoms with van der Waals surface area (Å²) in [6.45, 7) is 8.74. The van der Waals surface area contributed by atoms with Gasteiger partial charge in [-0.05, 0) is 25.5 Å². The lowest BCUT2D eigenvalue weighted by Gasteiger charge is -2.38. The zero-order valence-electron chi connectivity index (χ0n) is 11.7. The summed E-state index contributed by atoms with van der Waals surface area (Å²) in [6, 6.07) is 4.51. The molecule has 2 N–H and O–H groups in total. The lowest BCUT2D eigenvalue weighted by molar-refractivity contribution is 0.192. The van der Waals surface area contributed by atoms with Gasteiger partial charge < -0.3 is 10.6 Å². The number of hydrogen-bond acceptors (Lipinski definition) is 4. The van der Waals surface area contributed by atoms with Crippen LogP contribution >= 0.6 is 12.2 Å². The fourth-order valence-corrected chi connectivity index (χ4v) is 2.52. The van der Waals surface area contributed by atoms with Gasteiger partial charge in [0, 0.05) is 44.0 Å². The lowest BCUT2D eigenvalue weighted by atomic mass is 10.2. The van der Waals surface area contributed by atoms with E-state index in [9.17, 15) is 0 Å². The molecule has 1 aliphatic rings. The summed E-state index contributed by atoms with van der Waals surface area (Å²) in [5.41, 5.74) is 6.56. The van der Waals surface area contributed by atoms with E-state index in [1.54, 1.807) is 6.20 Å². The number of thiocarbonyl (C=S) groups is 1. The van der Waals surface area contributed by atoms with E-state index in [2.05, 4.69) is 28.6 Å². The molecule has 0 aliphatic carbocycles. The SMILES string of the molecule is CCC(C)N1CCN(c2cc(C(N)=S)ccn2)CC1. The highest BCUT2D eigenvalue weighted by Crippen LogP contribution is 2.16. The standard InChI is InChI=1S/C14H22N4S/c1-3-11(2)17-6-8-18(9-7-17)13-10-12(14(15)19)4-5-16-13/h4-5,10-11H,3,6-9H2,1-2H3,(H2,15,19). The number of nitrogens with zero attached hydrogens (tertiary/aromatic N) is 3. The zero-order chi connectivity index (χ0) is 13.8. The van der Waals surface area contributed by atoms with Gasteiger partial charge in [0.2, 0.25) is 0 Å². The van der Waals surface area contributed by atoms with Crippen molar-refractivity contribution in [2.45, 2.75) is 26.3 Å². The van der Waals surface area contributed by atoms with Gasteiger partial charge in [0.25, 0.3) is 0 Å². The molecule has 5 heteroatoms. The normalized spacial score (nSPS) is 18.3. The van der Waals surface area contributed by atoms with Crippen LogP contribution in [0.1, 0.15) is 25.8 Å². The van der Waals surface area contributed by atoms with Gasteiger partial charge in [0.05, 0.1) is 0 Å². The molecule has 1 aliphatic heterocycles. The molecule has 0 spiro atoms. The van der Waals surface area contributed by atoms with Crippen LogP contribution < -0.4 is 10.6 Å². The molecule has 1 fully saturated rings. The predicted octanol–water partition coefficient (Wildman–Crippen LogP) is 1.64. The van der Waals surface area contributed by atoms with Crippen molar-refractivity contribution in [1.29, 1.82) is 0 Å². The van der Waals surface area contributed by atoms with E-state index in [0.717, 1.165) is 37.6 Å². The minimum atomic E-state index is 0.432. The second-order valence-corrected chi connectivity index (χ2v) is 5.49. The third-order valence-electron chi connectivity index (χ3n) is 3.88. The van der Waals surface area contributed by atoms with Crippen LogP contribution in [0.2, 0.25) is 0 Å². The molecule has 0 amide bonds. The van der Waals surface area contributed by atoms with Crippen molar-refractivity contribution in [3.05, 3.63) is 23.9 Å². The summed E-state index contributed by atoms with van der Waals surface area (Å²) in [4.78, 5) is 9.70.